The number of benzene rings is 1. The van der Waals surface area contributed by atoms with Crippen molar-refractivity contribution < 1.29 is 0 Å². The van der Waals surface area contributed by atoms with Crippen molar-refractivity contribution in [2.45, 2.75) is 0 Å². The Kier molecular flexibility index (Phi) is 2.83. The van der Waals surface area contributed by atoms with E-state index in [0.29, 0.717) is 20.6 Å². The molecule has 0 aliphatic heterocycles. The maximum absolute atomic E-state index is 5.79. The van der Waals surface area contributed by atoms with Gasteiger partial charge in [0.1, 0.15) is 0 Å². The molecule has 0 nitrogen and oxygen atoms in total. The summed E-state index contributed by atoms with van der Waals surface area (Å²) in [4.78, 5) is 0. The lowest BCUT2D eigenvalue weighted by Gasteiger charge is -2.02. The molecule has 58 valence electrons. The van der Waals surface area contributed by atoms with Gasteiger partial charge in [0, 0.05) is 10.6 Å². The van der Waals surface area contributed by atoms with Gasteiger partial charge in [-0.1, -0.05) is 47.4 Å². The van der Waals surface area contributed by atoms with E-state index >= 15 is 0 Å². The molecule has 11 heavy (non-hydrogen) atoms. The highest BCUT2D eigenvalue weighted by atomic mass is 35.5. The van der Waals surface area contributed by atoms with E-state index in [1.54, 1.807) is 18.2 Å². The first-order valence-electron chi connectivity index (χ1n) is 2.91. The molecule has 1 aromatic rings. The van der Waals surface area contributed by atoms with E-state index in [2.05, 4.69) is 6.58 Å². The summed E-state index contributed by atoms with van der Waals surface area (Å²) in [5.74, 6) is 0. The molecule has 0 atom stereocenters. The fourth-order valence-electron chi connectivity index (χ4n) is 0.757. The van der Waals surface area contributed by atoms with Crippen LogP contribution in [-0.4, -0.2) is 0 Å². The maximum Gasteiger partial charge on any atom is 0.0508 e. The SMILES string of the molecule is C=C(Cl)c1c(Cl)cccc1Cl. The Morgan fingerprint density at radius 3 is 1.91 bits per heavy atom. The molecule has 1 aromatic carbocycles. The second-order valence-corrected chi connectivity index (χ2v) is 3.27. The van der Waals surface area contributed by atoms with Gasteiger partial charge in [-0.05, 0) is 12.1 Å². The maximum atomic E-state index is 5.79. The Morgan fingerprint density at radius 1 is 1.18 bits per heavy atom. The van der Waals surface area contributed by atoms with Crippen LogP contribution in [0.25, 0.3) is 5.03 Å². The van der Waals surface area contributed by atoms with Gasteiger partial charge in [0.2, 0.25) is 0 Å². The van der Waals surface area contributed by atoms with E-state index in [4.69, 9.17) is 34.8 Å². The molecule has 0 aromatic heterocycles. The van der Waals surface area contributed by atoms with Gasteiger partial charge < -0.3 is 0 Å². The lowest BCUT2D eigenvalue weighted by molar-refractivity contribution is 1.65. The fourth-order valence-corrected chi connectivity index (χ4v) is 1.68. The molecule has 0 saturated carbocycles. The highest BCUT2D eigenvalue weighted by Crippen LogP contribution is 2.31. The van der Waals surface area contributed by atoms with Gasteiger partial charge in [-0.25, -0.2) is 0 Å². The monoisotopic (exact) mass is 206 g/mol. The number of hydrogen-bond donors (Lipinski definition) is 0. The van der Waals surface area contributed by atoms with Crippen molar-refractivity contribution in [2.24, 2.45) is 0 Å². The van der Waals surface area contributed by atoms with Crippen LogP contribution in [0.5, 0.6) is 0 Å². The summed E-state index contributed by atoms with van der Waals surface area (Å²) in [6.45, 7) is 3.54. The molecular weight excluding hydrogens is 202 g/mol. The Morgan fingerprint density at radius 2 is 1.64 bits per heavy atom. The summed E-state index contributed by atoms with van der Waals surface area (Å²) in [6.07, 6.45) is 0. The zero-order valence-corrected chi connectivity index (χ0v) is 7.84. The third-order valence-corrected chi connectivity index (χ3v) is 2.05. The molecule has 0 aliphatic rings. The van der Waals surface area contributed by atoms with Gasteiger partial charge in [0.05, 0.1) is 10.0 Å². The summed E-state index contributed by atoms with van der Waals surface area (Å²) in [6, 6.07) is 5.20. The van der Waals surface area contributed by atoms with Gasteiger partial charge in [-0.15, -0.1) is 0 Å². The van der Waals surface area contributed by atoms with Crippen molar-refractivity contribution in [3.63, 3.8) is 0 Å². The number of hydrogen-bond acceptors (Lipinski definition) is 0. The van der Waals surface area contributed by atoms with Crippen LogP contribution < -0.4 is 0 Å². The molecule has 1 rings (SSSR count). The first kappa shape index (κ1) is 8.92. The smallest absolute Gasteiger partial charge is 0.0508 e. The highest BCUT2D eigenvalue weighted by molar-refractivity contribution is 6.52. The lowest BCUT2D eigenvalue weighted by Crippen LogP contribution is -1.79. The fraction of sp³-hybridized carbons (Fsp3) is 0. The molecule has 0 N–H and O–H groups in total. The molecule has 0 heterocycles. The summed E-state index contributed by atoms with van der Waals surface area (Å²) < 4.78 is 0. The van der Waals surface area contributed by atoms with Crippen LogP contribution in [0, 0.1) is 0 Å². The van der Waals surface area contributed by atoms with Gasteiger partial charge in [-0.3, -0.25) is 0 Å². The molecule has 3 heteroatoms. The minimum absolute atomic E-state index is 0.362. The van der Waals surface area contributed by atoms with E-state index < -0.39 is 0 Å². The van der Waals surface area contributed by atoms with Crippen molar-refractivity contribution in [1.82, 2.24) is 0 Å². The van der Waals surface area contributed by atoms with E-state index in [0.717, 1.165) is 0 Å². The van der Waals surface area contributed by atoms with Gasteiger partial charge >= 0.3 is 0 Å². The van der Waals surface area contributed by atoms with Crippen LogP contribution >= 0.6 is 34.8 Å². The average Bonchev–Trinajstić information content (AvgIpc) is 1.85. The predicted molar refractivity (Wildman–Crippen MR) is 51.3 cm³/mol. The lowest BCUT2D eigenvalue weighted by atomic mass is 10.2. The third kappa shape index (κ3) is 1.90. The van der Waals surface area contributed by atoms with Crippen LogP contribution in [-0.2, 0) is 0 Å². The largest absolute Gasteiger partial charge is 0.0842 e. The van der Waals surface area contributed by atoms with E-state index in [1.165, 1.54) is 0 Å². The minimum Gasteiger partial charge on any atom is -0.0842 e. The molecule has 0 spiro atoms. The minimum atomic E-state index is 0.362. The first-order chi connectivity index (χ1) is 5.13. The molecule has 0 unspecified atom stereocenters. The summed E-state index contributed by atoms with van der Waals surface area (Å²) in [7, 11) is 0. The molecular formula is C8H5Cl3. The summed E-state index contributed by atoms with van der Waals surface area (Å²) >= 11 is 17.2. The predicted octanol–water partition coefficient (Wildman–Crippen LogP) is 4.20. The summed E-state index contributed by atoms with van der Waals surface area (Å²) in [5, 5.41) is 1.41. The molecule has 0 saturated heterocycles. The first-order valence-corrected chi connectivity index (χ1v) is 4.05. The standard InChI is InChI=1S/C8H5Cl3/c1-5(9)8-6(10)3-2-4-7(8)11/h2-4H,1H2. The van der Waals surface area contributed by atoms with Crippen molar-refractivity contribution >= 4 is 39.8 Å². The normalized spacial score (nSPS) is 9.73. The molecule has 0 aliphatic carbocycles. The van der Waals surface area contributed by atoms with Crippen LogP contribution in [0.2, 0.25) is 10.0 Å². The van der Waals surface area contributed by atoms with Crippen LogP contribution in [0.1, 0.15) is 5.56 Å². The van der Waals surface area contributed by atoms with Gasteiger partial charge in [-0.2, -0.15) is 0 Å². The summed E-state index contributed by atoms with van der Waals surface area (Å²) in [5.41, 5.74) is 0.609. The van der Waals surface area contributed by atoms with Crippen molar-refractivity contribution in [2.75, 3.05) is 0 Å². The number of rotatable bonds is 1. The Hall–Kier alpha value is -0.170. The van der Waals surface area contributed by atoms with Gasteiger partial charge in [0.15, 0.2) is 0 Å². The zero-order chi connectivity index (χ0) is 8.43. The molecule has 0 fully saturated rings. The average molecular weight is 207 g/mol. The van der Waals surface area contributed by atoms with Crippen molar-refractivity contribution in [1.29, 1.82) is 0 Å². The molecule has 0 bridgehead atoms. The second kappa shape index (κ2) is 3.48. The molecule has 0 amide bonds. The Bertz CT molecular complexity index is 271. The van der Waals surface area contributed by atoms with Crippen LogP contribution in [0.15, 0.2) is 24.8 Å². The van der Waals surface area contributed by atoms with Crippen LogP contribution in [0.3, 0.4) is 0 Å². The zero-order valence-electron chi connectivity index (χ0n) is 5.57. The van der Waals surface area contributed by atoms with Crippen molar-refractivity contribution in [3.05, 3.63) is 40.4 Å². The topological polar surface area (TPSA) is 0 Å². The number of halogens is 3. The molecule has 0 radical (unpaired) electrons. The second-order valence-electron chi connectivity index (χ2n) is 2.00. The highest BCUT2D eigenvalue weighted by Gasteiger charge is 2.05. The Balaban J connectivity index is 3.32. The Labute approximate surface area is 80.4 Å². The quantitative estimate of drug-likeness (QED) is 0.647. The van der Waals surface area contributed by atoms with E-state index in [-0.39, 0.29) is 0 Å². The van der Waals surface area contributed by atoms with E-state index in [9.17, 15) is 0 Å². The van der Waals surface area contributed by atoms with Gasteiger partial charge in [0.25, 0.3) is 0 Å². The third-order valence-electron chi connectivity index (χ3n) is 1.23. The van der Waals surface area contributed by atoms with E-state index in [1.807, 2.05) is 0 Å². The van der Waals surface area contributed by atoms with Crippen LogP contribution in [0.4, 0.5) is 0 Å². The van der Waals surface area contributed by atoms with Crippen molar-refractivity contribution in [3.8, 4) is 0 Å².